The van der Waals surface area contributed by atoms with Crippen LogP contribution in [0.5, 0.6) is 0 Å². The van der Waals surface area contributed by atoms with Gasteiger partial charge >= 0.3 is 0 Å². The number of carbonyl (C=O) groups excluding carboxylic acids is 3. The number of carbonyl (C=O) groups is 3. The SMILES string of the molecule is NCCC(=O)NC(CCC(N)=O)C(N)=O. The van der Waals surface area contributed by atoms with E-state index in [1.165, 1.54) is 0 Å². The number of rotatable bonds is 7. The molecule has 0 aliphatic rings. The maximum atomic E-state index is 11.1. The van der Waals surface area contributed by atoms with E-state index < -0.39 is 17.9 Å². The molecule has 0 aromatic carbocycles. The minimum atomic E-state index is -0.864. The molecule has 7 heteroatoms. The molecule has 0 aromatic heterocycles. The first-order chi connectivity index (χ1) is 6.97. The van der Waals surface area contributed by atoms with Crippen molar-refractivity contribution in [3.8, 4) is 0 Å². The first kappa shape index (κ1) is 13.4. The molecule has 0 aliphatic carbocycles. The fraction of sp³-hybridized carbons (Fsp3) is 0.625. The van der Waals surface area contributed by atoms with Crippen molar-refractivity contribution in [3.63, 3.8) is 0 Å². The minimum Gasteiger partial charge on any atom is -0.370 e. The molecule has 86 valence electrons. The molecule has 0 aromatic rings. The quantitative estimate of drug-likeness (QED) is 0.375. The van der Waals surface area contributed by atoms with E-state index >= 15 is 0 Å². The molecule has 1 unspecified atom stereocenters. The van der Waals surface area contributed by atoms with Gasteiger partial charge in [0, 0.05) is 19.4 Å². The molecule has 0 saturated carbocycles. The van der Waals surface area contributed by atoms with Gasteiger partial charge in [-0.15, -0.1) is 0 Å². The second-order valence-corrected chi connectivity index (χ2v) is 3.07. The lowest BCUT2D eigenvalue weighted by Crippen LogP contribution is -2.45. The van der Waals surface area contributed by atoms with E-state index in [-0.39, 0.29) is 31.7 Å². The van der Waals surface area contributed by atoms with Gasteiger partial charge in [0.05, 0.1) is 0 Å². The van der Waals surface area contributed by atoms with Crippen LogP contribution in [0.15, 0.2) is 0 Å². The normalized spacial score (nSPS) is 11.8. The predicted molar refractivity (Wildman–Crippen MR) is 53.2 cm³/mol. The van der Waals surface area contributed by atoms with Crippen LogP contribution in [0, 0.1) is 0 Å². The Labute approximate surface area is 87.3 Å². The van der Waals surface area contributed by atoms with Gasteiger partial charge in [-0.3, -0.25) is 14.4 Å². The average molecular weight is 216 g/mol. The zero-order valence-electron chi connectivity index (χ0n) is 8.36. The topological polar surface area (TPSA) is 141 Å². The van der Waals surface area contributed by atoms with Gasteiger partial charge in [0.1, 0.15) is 6.04 Å². The molecule has 0 bridgehead atoms. The van der Waals surface area contributed by atoms with Crippen LogP contribution in [0.2, 0.25) is 0 Å². The number of nitrogens with two attached hydrogens (primary N) is 3. The zero-order chi connectivity index (χ0) is 11.8. The Bertz CT molecular complexity index is 254. The van der Waals surface area contributed by atoms with Gasteiger partial charge in [0.15, 0.2) is 0 Å². The third-order valence-electron chi connectivity index (χ3n) is 1.73. The summed E-state index contributed by atoms with van der Waals surface area (Å²) in [6, 6.07) is -0.864. The highest BCUT2D eigenvalue weighted by Crippen LogP contribution is 1.96. The van der Waals surface area contributed by atoms with Crippen molar-refractivity contribution >= 4 is 17.7 Å². The van der Waals surface area contributed by atoms with Crippen molar-refractivity contribution in [2.45, 2.75) is 25.3 Å². The van der Waals surface area contributed by atoms with E-state index in [4.69, 9.17) is 17.2 Å². The Hall–Kier alpha value is -1.63. The molecule has 0 fully saturated rings. The van der Waals surface area contributed by atoms with Gasteiger partial charge in [-0.05, 0) is 6.42 Å². The Kier molecular flexibility index (Phi) is 6.03. The van der Waals surface area contributed by atoms with Crippen LogP contribution in [-0.2, 0) is 14.4 Å². The van der Waals surface area contributed by atoms with Gasteiger partial charge in [-0.2, -0.15) is 0 Å². The summed E-state index contributed by atoms with van der Waals surface area (Å²) in [6.45, 7) is 0.188. The molecule has 15 heavy (non-hydrogen) atoms. The van der Waals surface area contributed by atoms with Gasteiger partial charge in [-0.25, -0.2) is 0 Å². The van der Waals surface area contributed by atoms with Crippen molar-refractivity contribution in [1.29, 1.82) is 0 Å². The fourth-order valence-corrected chi connectivity index (χ4v) is 0.970. The molecule has 1 atom stereocenters. The molecule has 0 radical (unpaired) electrons. The summed E-state index contributed by atoms with van der Waals surface area (Å²) in [5.41, 5.74) is 15.1. The largest absolute Gasteiger partial charge is 0.370 e. The van der Waals surface area contributed by atoms with Crippen LogP contribution >= 0.6 is 0 Å². The van der Waals surface area contributed by atoms with Crippen LogP contribution in [0.4, 0.5) is 0 Å². The van der Waals surface area contributed by atoms with Gasteiger partial charge in [0.25, 0.3) is 0 Å². The first-order valence-electron chi connectivity index (χ1n) is 4.54. The van der Waals surface area contributed by atoms with E-state index in [1.54, 1.807) is 0 Å². The highest BCUT2D eigenvalue weighted by Gasteiger charge is 2.17. The molecular weight excluding hydrogens is 200 g/mol. The highest BCUT2D eigenvalue weighted by molar-refractivity contribution is 5.87. The van der Waals surface area contributed by atoms with Crippen LogP contribution in [0.3, 0.4) is 0 Å². The van der Waals surface area contributed by atoms with Gasteiger partial charge < -0.3 is 22.5 Å². The predicted octanol–water partition coefficient (Wildman–Crippen LogP) is -2.43. The lowest BCUT2D eigenvalue weighted by atomic mass is 10.1. The number of hydrogen-bond acceptors (Lipinski definition) is 4. The Morgan fingerprint density at radius 3 is 2.13 bits per heavy atom. The smallest absolute Gasteiger partial charge is 0.240 e. The molecule has 0 rings (SSSR count). The average Bonchev–Trinajstić information content (AvgIpc) is 2.11. The summed E-state index contributed by atoms with van der Waals surface area (Å²) < 4.78 is 0. The molecule has 0 heterocycles. The lowest BCUT2D eigenvalue weighted by molar-refractivity contribution is -0.128. The molecule has 3 amide bonds. The van der Waals surface area contributed by atoms with E-state index in [2.05, 4.69) is 5.32 Å². The van der Waals surface area contributed by atoms with Crippen LogP contribution in [0.1, 0.15) is 19.3 Å². The van der Waals surface area contributed by atoms with Crippen LogP contribution < -0.4 is 22.5 Å². The molecule has 7 N–H and O–H groups in total. The number of amides is 3. The van der Waals surface area contributed by atoms with Gasteiger partial charge in [-0.1, -0.05) is 0 Å². The number of nitrogens with one attached hydrogen (secondary N) is 1. The monoisotopic (exact) mass is 216 g/mol. The van der Waals surface area contributed by atoms with E-state index in [1.807, 2.05) is 0 Å². The van der Waals surface area contributed by atoms with Crippen molar-refractivity contribution < 1.29 is 14.4 Å². The lowest BCUT2D eigenvalue weighted by Gasteiger charge is -2.14. The van der Waals surface area contributed by atoms with Crippen molar-refractivity contribution in [3.05, 3.63) is 0 Å². The summed E-state index contributed by atoms with van der Waals surface area (Å²) in [5, 5.41) is 2.37. The maximum Gasteiger partial charge on any atom is 0.240 e. The Morgan fingerprint density at radius 2 is 1.73 bits per heavy atom. The molecule has 0 saturated heterocycles. The van der Waals surface area contributed by atoms with Gasteiger partial charge in [0.2, 0.25) is 17.7 Å². The summed E-state index contributed by atoms with van der Waals surface area (Å²) in [5.74, 6) is -1.61. The second kappa shape index (κ2) is 6.77. The third-order valence-corrected chi connectivity index (χ3v) is 1.73. The van der Waals surface area contributed by atoms with E-state index in [0.717, 1.165) is 0 Å². The van der Waals surface area contributed by atoms with E-state index in [0.29, 0.717) is 0 Å². The highest BCUT2D eigenvalue weighted by atomic mass is 16.2. The third kappa shape index (κ3) is 6.44. The number of primary amides is 2. The first-order valence-corrected chi connectivity index (χ1v) is 4.54. The zero-order valence-corrected chi connectivity index (χ0v) is 8.36. The van der Waals surface area contributed by atoms with Crippen LogP contribution in [-0.4, -0.2) is 30.3 Å². The van der Waals surface area contributed by atoms with Crippen molar-refractivity contribution in [2.24, 2.45) is 17.2 Å². The summed E-state index contributed by atoms with van der Waals surface area (Å²) in [7, 11) is 0. The Morgan fingerprint density at radius 1 is 1.13 bits per heavy atom. The fourth-order valence-electron chi connectivity index (χ4n) is 0.970. The maximum absolute atomic E-state index is 11.1. The standard InChI is InChI=1S/C8H16N4O3/c9-4-3-7(14)12-5(8(11)15)1-2-6(10)13/h5H,1-4,9H2,(H2,10,13)(H2,11,15)(H,12,14). The van der Waals surface area contributed by atoms with Crippen molar-refractivity contribution in [2.75, 3.05) is 6.54 Å². The molecule has 0 spiro atoms. The summed E-state index contributed by atoms with van der Waals surface area (Å²) in [6.07, 6.45) is 0.220. The minimum absolute atomic E-state index is 0.00346. The Balaban J connectivity index is 4.10. The van der Waals surface area contributed by atoms with Crippen LogP contribution in [0.25, 0.3) is 0 Å². The molecule has 0 aliphatic heterocycles. The summed E-state index contributed by atoms with van der Waals surface area (Å²) >= 11 is 0. The number of hydrogen-bond donors (Lipinski definition) is 4. The summed E-state index contributed by atoms with van der Waals surface area (Å²) in [4.78, 5) is 32.4. The van der Waals surface area contributed by atoms with E-state index in [9.17, 15) is 14.4 Å². The molecular formula is C8H16N4O3. The molecule has 7 nitrogen and oxygen atoms in total. The van der Waals surface area contributed by atoms with Crippen molar-refractivity contribution in [1.82, 2.24) is 5.32 Å². The second-order valence-electron chi connectivity index (χ2n) is 3.07.